The zero-order valence-corrected chi connectivity index (χ0v) is 18.1. The van der Waals surface area contributed by atoms with Crippen LogP contribution < -0.4 is 5.73 Å². The summed E-state index contributed by atoms with van der Waals surface area (Å²) in [5.41, 5.74) is 7.17. The van der Waals surface area contributed by atoms with Crippen LogP contribution in [0.4, 0.5) is 0 Å². The molecule has 0 aromatic heterocycles. The number of esters is 1. The molecule has 0 aliphatic heterocycles. The quantitative estimate of drug-likeness (QED) is 0.375. The lowest BCUT2D eigenvalue weighted by molar-refractivity contribution is -0.161. The number of hydrogen-bond donors (Lipinski definition) is 1. The van der Waals surface area contributed by atoms with E-state index in [0.29, 0.717) is 26.2 Å². The Hall–Kier alpha value is -1.96. The van der Waals surface area contributed by atoms with Gasteiger partial charge in [-0.15, -0.1) is 0 Å². The Morgan fingerprint density at radius 2 is 1.69 bits per heavy atom. The zero-order chi connectivity index (χ0) is 21.6. The first-order valence-electron chi connectivity index (χ1n) is 10.3. The third-order valence-electron chi connectivity index (χ3n) is 4.17. The molecule has 0 saturated carbocycles. The smallest absolute Gasteiger partial charge is 0.307 e. The van der Waals surface area contributed by atoms with Crippen LogP contribution in [-0.4, -0.2) is 62.0 Å². The maximum atomic E-state index is 13.0. The number of nitrogens with zero attached hydrogens (tertiary/aromatic N) is 1. The molecule has 0 saturated heterocycles. The second-order valence-electron chi connectivity index (χ2n) is 7.25. The van der Waals surface area contributed by atoms with Crippen molar-refractivity contribution in [1.82, 2.24) is 4.90 Å². The molecule has 0 bridgehead atoms. The van der Waals surface area contributed by atoms with E-state index in [2.05, 4.69) is 0 Å². The van der Waals surface area contributed by atoms with Crippen LogP contribution in [0, 0.1) is 5.92 Å². The molecule has 0 heterocycles. The predicted octanol–water partition coefficient (Wildman–Crippen LogP) is 2.37. The molecule has 0 radical (unpaired) electrons. The van der Waals surface area contributed by atoms with Crippen LogP contribution in [-0.2, 0) is 30.2 Å². The van der Waals surface area contributed by atoms with Crippen LogP contribution in [0.2, 0.25) is 0 Å². The molecule has 0 aliphatic rings. The topological polar surface area (TPSA) is 91.1 Å². The first-order valence-corrected chi connectivity index (χ1v) is 10.3. The van der Waals surface area contributed by atoms with Crippen molar-refractivity contribution in [3.8, 4) is 0 Å². The van der Waals surface area contributed by atoms with Crippen LogP contribution >= 0.6 is 0 Å². The molecule has 1 aromatic carbocycles. The van der Waals surface area contributed by atoms with E-state index in [1.807, 2.05) is 58.0 Å². The van der Waals surface area contributed by atoms with Crippen LogP contribution in [0.25, 0.3) is 0 Å². The average Bonchev–Trinajstić information content (AvgIpc) is 2.69. The summed E-state index contributed by atoms with van der Waals surface area (Å²) in [6, 6.07) is 8.90. The second kappa shape index (κ2) is 14.1. The van der Waals surface area contributed by atoms with E-state index in [1.165, 1.54) is 0 Å². The molecule has 7 heteroatoms. The molecule has 164 valence electrons. The van der Waals surface area contributed by atoms with E-state index >= 15 is 0 Å². The van der Waals surface area contributed by atoms with Crippen LogP contribution in [0.3, 0.4) is 0 Å². The average molecular weight is 409 g/mol. The lowest BCUT2D eigenvalue weighted by Crippen LogP contribution is -2.49. The highest BCUT2D eigenvalue weighted by molar-refractivity contribution is 5.82. The van der Waals surface area contributed by atoms with Gasteiger partial charge in [0.05, 0.1) is 25.6 Å². The molecule has 0 aliphatic carbocycles. The van der Waals surface area contributed by atoms with E-state index in [-0.39, 0.29) is 37.3 Å². The highest BCUT2D eigenvalue weighted by atomic mass is 16.7. The van der Waals surface area contributed by atoms with Crippen LogP contribution in [0.5, 0.6) is 0 Å². The Bertz CT molecular complexity index is 588. The number of nitrogens with two attached hydrogens (primary N) is 1. The standard InChI is InChI=1S/C22H36N2O5/c1-5-27-21(28-6-2)15-24(13-12-20(25)29-16-17(3)4)22(26)19(23)14-18-10-8-7-9-11-18/h7-11,17,19,21H,5-6,12-16,23H2,1-4H3/t19-/m0/s1. The number of carbonyl (C=O) groups excluding carboxylic acids is 2. The maximum absolute atomic E-state index is 13.0. The molecule has 0 spiro atoms. The van der Waals surface area contributed by atoms with Crippen molar-refractivity contribution in [1.29, 1.82) is 0 Å². The van der Waals surface area contributed by atoms with Crippen molar-refractivity contribution in [3.63, 3.8) is 0 Å². The van der Waals surface area contributed by atoms with Crippen LogP contribution in [0.1, 0.15) is 39.7 Å². The fourth-order valence-electron chi connectivity index (χ4n) is 2.74. The summed E-state index contributed by atoms with van der Waals surface area (Å²) < 4.78 is 16.4. The van der Waals surface area contributed by atoms with Crippen molar-refractivity contribution in [2.75, 3.05) is 32.9 Å². The van der Waals surface area contributed by atoms with Gasteiger partial charge in [-0.2, -0.15) is 0 Å². The molecule has 2 N–H and O–H groups in total. The third kappa shape index (κ3) is 10.4. The van der Waals surface area contributed by atoms with Gasteiger partial charge in [-0.25, -0.2) is 0 Å². The first kappa shape index (κ1) is 25.1. The lowest BCUT2D eigenvalue weighted by atomic mass is 10.1. The number of carbonyl (C=O) groups is 2. The molecule has 1 amide bonds. The van der Waals surface area contributed by atoms with Gasteiger partial charge < -0.3 is 24.8 Å². The highest BCUT2D eigenvalue weighted by Gasteiger charge is 2.25. The third-order valence-corrected chi connectivity index (χ3v) is 4.17. The summed E-state index contributed by atoms with van der Waals surface area (Å²) in [4.78, 5) is 26.6. The van der Waals surface area contributed by atoms with E-state index in [4.69, 9.17) is 19.9 Å². The van der Waals surface area contributed by atoms with Crippen molar-refractivity contribution in [2.45, 2.75) is 52.9 Å². The molecular formula is C22H36N2O5. The lowest BCUT2D eigenvalue weighted by Gasteiger charge is -2.29. The van der Waals surface area contributed by atoms with Gasteiger partial charge in [-0.3, -0.25) is 9.59 Å². The summed E-state index contributed by atoms with van der Waals surface area (Å²) in [7, 11) is 0. The predicted molar refractivity (Wildman–Crippen MR) is 112 cm³/mol. The molecule has 1 rings (SSSR count). The summed E-state index contributed by atoms with van der Waals surface area (Å²) in [6.07, 6.45) is -0.0480. The van der Waals surface area contributed by atoms with E-state index in [9.17, 15) is 9.59 Å². The minimum absolute atomic E-state index is 0.0987. The highest BCUT2D eigenvalue weighted by Crippen LogP contribution is 2.08. The molecule has 0 fully saturated rings. The van der Waals surface area contributed by atoms with Crippen molar-refractivity contribution >= 4 is 11.9 Å². The summed E-state index contributed by atoms with van der Waals surface area (Å²) >= 11 is 0. The minimum atomic E-state index is -0.715. The van der Waals surface area contributed by atoms with E-state index in [1.54, 1.807) is 4.90 Å². The zero-order valence-electron chi connectivity index (χ0n) is 18.1. The largest absolute Gasteiger partial charge is 0.465 e. The summed E-state index contributed by atoms with van der Waals surface area (Å²) in [5, 5.41) is 0. The Kier molecular flexibility index (Phi) is 12.2. The first-order chi connectivity index (χ1) is 13.9. The number of ether oxygens (including phenoxy) is 3. The fourth-order valence-corrected chi connectivity index (χ4v) is 2.74. The SMILES string of the molecule is CCOC(CN(CCC(=O)OCC(C)C)C(=O)[C@@H](N)Cc1ccccc1)OCC. The second-order valence-corrected chi connectivity index (χ2v) is 7.25. The Morgan fingerprint density at radius 3 is 2.24 bits per heavy atom. The van der Waals surface area contributed by atoms with E-state index < -0.39 is 12.3 Å². The number of amides is 1. The molecule has 7 nitrogen and oxygen atoms in total. The van der Waals surface area contributed by atoms with Gasteiger partial charge in [-0.05, 0) is 31.7 Å². The molecule has 0 unspecified atom stereocenters. The Morgan fingerprint density at radius 1 is 1.07 bits per heavy atom. The monoisotopic (exact) mass is 408 g/mol. The van der Waals surface area contributed by atoms with Gasteiger partial charge in [0.15, 0.2) is 6.29 Å². The van der Waals surface area contributed by atoms with Gasteiger partial charge in [0.1, 0.15) is 0 Å². The summed E-state index contributed by atoms with van der Waals surface area (Å²) in [6.45, 7) is 9.36. The summed E-state index contributed by atoms with van der Waals surface area (Å²) in [5.74, 6) is -0.316. The minimum Gasteiger partial charge on any atom is -0.465 e. The van der Waals surface area contributed by atoms with Crippen molar-refractivity contribution in [3.05, 3.63) is 35.9 Å². The number of rotatable bonds is 14. The molecular weight excluding hydrogens is 372 g/mol. The van der Waals surface area contributed by atoms with Gasteiger partial charge in [0, 0.05) is 19.8 Å². The van der Waals surface area contributed by atoms with Gasteiger partial charge in [-0.1, -0.05) is 44.2 Å². The van der Waals surface area contributed by atoms with Crippen molar-refractivity contribution in [2.24, 2.45) is 11.7 Å². The number of hydrogen-bond acceptors (Lipinski definition) is 6. The molecule has 1 aromatic rings. The Labute approximate surface area is 174 Å². The van der Waals surface area contributed by atoms with Gasteiger partial charge >= 0.3 is 5.97 Å². The molecule has 1 atom stereocenters. The van der Waals surface area contributed by atoms with E-state index in [0.717, 1.165) is 5.56 Å². The Balaban J connectivity index is 2.78. The fraction of sp³-hybridized carbons (Fsp3) is 0.636. The number of benzene rings is 1. The molecule has 29 heavy (non-hydrogen) atoms. The normalized spacial score (nSPS) is 12.2. The van der Waals surface area contributed by atoms with Crippen LogP contribution in [0.15, 0.2) is 30.3 Å². The van der Waals surface area contributed by atoms with Gasteiger partial charge in [0.2, 0.25) is 5.91 Å². The van der Waals surface area contributed by atoms with Gasteiger partial charge in [0.25, 0.3) is 0 Å². The van der Waals surface area contributed by atoms with Crippen molar-refractivity contribution < 1.29 is 23.8 Å². The maximum Gasteiger partial charge on any atom is 0.307 e.